The topological polar surface area (TPSA) is 68.3 Å². The van der Waals surface area contributed by atoms with Gasteiger partial charge in [0.05, 0.1) is 32.6 Å². The summed E-state index contributed by atoms with van der Waals surface area (Å²) >= 11 is 0. The first-order valence-corrected chi connectivity index (χ1v) is 10.3. The van der Waals surface area contributed by atoms with E-state index in [1.807, 2.05) is 42.5 Å². The molecule has 0 unspecified atom stereocenters. The van der Waals surface area contributed by atoms with Crippen molar-refractivity contribution in [3.63, 3.8) is 0 Å². The Morgan fingerprint density at radius 2 is 1.33 bits per heavy atom. The van der Waals surface area contributed by atoms with Crippen LogP contribution in [-0.4, -0.2) is 40.2 Å². The molecule has 0 N–H and O–H groups in total. The predicted molar refractivity (Wildman–Crippen MR) is 127 cm³/mol. The smallest absolute Gasteiger partial charge is 0.282 e. The lowest BCUT2D eigenvalue weighted by atomic mass is 10.0. The Balaban J connectivity index is 1.90. The Kier molecular flexibility index (Phi) is 6.04. The maximum absolute atomic E-state index is 13.8. The molecule has 3 aromatic rings. The van der Waals surface area contributed by atoms with E-state index in [1.54, 1.807) is 42.3 Å². The fraction of sp³-hybridized carbons (Fsp3) is 0.154. The van der Waals surface area contributed by atoms with Gasteiger partial charge in [0.1, 0.15) is 11.4 Å². The number of rotatable bonds is 7. The highest BCUT2D eigenvalue weighted by atomic mass is 16.5. The number of para-hydroxylation sites is 2. The highest BCUT2D eigenvalue weighted by Gasteiger charge is 2.43. The summed E-state index contributed by atoms with van der Waals surface area (Å²) in [5.74, 6) is 0.523. The normalized spacial score (nSPS) is 13.4. The second-order valence-electron chi connectivity index (χ2n) is 7.30. The van der Waals surface area contributed by atoms with Gasteiger partial charge in [0.25, 0.3) is 11.8 Å². The minimum atomic E-state index is -0.450. The fourth-order valence-corrected chi connectivity index (χ4v) is 3.90. The van der Waals surface area contributed by atoms with Gasteiger partial charge in [-0.3, -0.25) is 9.59 Å². The molecule has 1 heterocycles. The molecule has 168 valence electrons. The summed E-state index contributed by atoms with van der Waals surface area (Å²) in [6, 6.07) is 21.5. The number of nitrogens with zero attached hydrogens (tertiary/aromatic N) is 2. The third-order valence-corrected chi connectivity index (χ3v) is 5.54. The Bertz CT molecular complexity index is 1240. The van der Waals surface area contributed by atoms with Crippen LogP contribution in [0.2, 0.25) is 0 Å². The number of carbonyl (C=O) groups is 2. The van der Waals surface area contributed by atoms with E-state index in [1.165, 1.54) is 21.3 Å². The number of hydrogen-bond donors (Lipinski definition) is 0. The van der Waals surface area contributed by atoms with Crippen molar-refractivity contribution in [2.24, 2.45) is 0 Å². The lowest BCUT2D eigenvalue weighted by Gasteiger charge is -2.22. The van der Waals surface area contributed by atoms with Gasteiger partial charge in [-0.05, 0) is 30.3 Å². The molecule has 7 heteroatoms. The molecule has 2 amide bonds. The van der Waals surface area contributed by atoms with Crippen molar-refractivity contribution in [1.29, 1.82) is 0 Å². The van der Waals surface area contributed by atoms with Gasteiger partial charge in [0, 0.05) is 24.4 Å². The van der Waals surface area contributed by atoms with Crippen molar-refractivity contribution in [2.45, 2.75) is 0 Å². The lowest BCUT2D eigenvalue weighted by Crippen LogP contribution is -2.34. The largest absolute Gasteiger partial charge is 0.496 e. The molecule has 0 atom stereocenters. The fourth-order valence-electron chi connectivity index (χ4n) is 3.90. The first kappa shape index (κ1) is 22.0. The van der Waals surface area contributed by atoms with Gasteiger partial charge in [-0.1, -0.05) is 36.4 Å². The van der Waals surface area contributed by atoms with Crippen LogP contribution in [0.3, 0.4) is 0 Å². The number of carbonyl (C=O) groups excluding carboxylic acids is 2. The van der Waals surface area contributed by atoms with E-state index in [9.17, 15) is 9.59 Å². The zero-order valence-electron chi connectivity index (χ0n) is 18.9. The van der Waals surface area contributed by atoms with Crippen LogP contribution in [-0.2, 0) is 9.59 Å². The molecule has 0 radical (unpaired) electrons. The van der Waals surface area contributed by atoms with E-state index in [0.717, 1.165) is 10.6 Å². The molecular formula is C26H24N2O5. The van der Waals surface area contributed by atoms with Crippen molar-refractivity contribution in [3.05, 3.63) is 84.1 Å². The van der Waals surface area contributed by atoms with Crippen LogP contribution in [0.1, 0.15) is 5.56 Å². The van der Waals surface area contributed by atoms with Crippen LogP contribution in [0.4, 0.5) is 11.4 Å². The Morgan fingerprint density at radius 1 is 0.697 bits per heavy atom. The molecule has 7 nitrogen and oxygen atoms in total. The highest BCUT2D eigenvalue weighted by Crippen LogP contribution is 2.41. The third-order valence-electron chi connectivity index (χ3n) is 5.54. The third kappa shape index (κ3) is 3.78. The summed E-state index contributed by atoms with van der Waals surface area (Å²) in [6.45, 7) is 0. The Hall–Kier alpha value is -4.26. The molecule has 0 aromatic heterocycles. The number of benzene rings is 3. The Labute approximate surface area is 192 Å². The SMILES string of the molecule is COc1ccc(N2C(=O)C(c3ccccc3OC)=C(N(C)c3ccccc3)C2=O)cc1OC. The van der Waals surface area contributed by atoms with Gasteiger partial charge < -0.3 is 19.1 Å². The van der Waals surface area contributed by atoms with Crippen molar-refractivity contribution in [2.75, 3.05) is 38.2 Å². The van der Waals surface area contributed by atoms with Gasteiger partial charge >= 0.3 is 0 Å². The summed E-state index contributed by atoms with van der Waals surface area (Å²) < 4.78 is 16.2. The molecule has 1 aliphatic heterocycles. The first-order valence-electron chi connectivity index (χ1n) is 10.3. The molecule has 0 saturated heterocycles. The van der Waals surface area contributed by atoms with E-state index >= 15 is 0 Å². The molecule has 1 aliphatic rings. The van der Waals surface area contributed by atoms with Crippen LogP contribution >= 0.6 is 0 Å². The monoisotopic (exact) mass is 444 g/mol. The van der Waals surface area contributed by atoms with Crippen LogP contribution in [0, 0.1) is 0 Å². The zero-order valence-corrected chi connectivity index (χ0v) is 18.9. The molecule has 0 bridgehead atoms. The molecular weight excluding hydrogens is 420 g/mol. The van der Waals surface area contributed by atoms with Crippen LogP contribution in [0.25, 0.3) is 5.57 Å². The van der Waals surface area contributed by atoms with Crippen molar-refractivity contribution in [1.82, 2.24) is 0 Å². The summed E-state index contributed by atoms with van der Waals surface area (Å²) in [5, 5.41) is 0. The highest BCUT2D eigenvalue weighted by molar-refractivity contribution is 6.46. The predicted octanol–water partition coefficient (Wildman–Crippen LogP) is 4.13. The minimum Gasteiger partial charge on any atom is -0.496 e. The standard InChI is InChI=1S/C26H24N2O5/c1-27(17-10-6-5-7-11-17)24-23(19-12-8-9-13-20(19)31-2)25(29)28(26(24)30)18-14-15-21(32-3)22(16-18)33-4/h5-16H,1-4H3. The number of hydrogen-bond acceptors (Lipinski definition) is 6. The van der Waals surface area contributed by atoms with Crippen LogP contribution < -0.4 is 24.0 Å². The number of amides is 2. The number of ether oxygens (including phenoxy) is 3. The van der Waals surface area contributed by atoms with Gasteiger partial charge in [-0.15, -0.1) is 0 Å². The zero-order chi connectivity index (χ0) is 23.5. The van der Waals surface area contributed by atoms with E-state index in [-0.39, 0.29) is 11.3 Å². The molecule has 0 spiro atoms. The molecule has 4 rings (SSSR count). The minimum absolute atomic E-state index is 0.255. The van der Waals surface area contributed by atoms with E-state index in [4.69, 9.17) is 14.2 Å². The van der Waals surface area contributed by atoms with Gasteiger partial charge in [0.15, 0.2) is 11.5 Å². The average Bonchev–Trinajstić information content (AvgIpc) is 3.13. The second-order valence-corrected chi connectivity index (χ2v) is 7.30. The van der Waals surface area contributed by atoms with Gasteiger partial charge in [0.2, 0.25) is 0 Å². The number of anilines is 2. The van der Waals surface area contributed by atoms with Crippen molar-refractivity contribution in [3.8, 4) is 17.2 Å². The van der Waals surface area contributed by atoms with Gasteiger partial charge in [-0.2, -0.15) is 0 Å². The van der Waals surface area contributed by atoms with Crippen molar-refractivity contribution < 1.29 is 23.8 Å². The van der Waals surface area contributed by atoms with E-state index in [0.29, 0.717) is 28.5 Å². The summed E-state index contributed by atoms with van der Waals surface area (Å²) in [7, 11) is 6.33. The molecule has 0 saturated carbocycles. The molecule has 33 heavy (non-hydrogen) atoms. The summed E-state index contributed by atoms with van der Waals surface area (Å²) in [6.07, 6.45) is 0. The first-order chi connectivity index (χ1) is 16.0. The quantitative estimate of drug-likeness (QED) is 0.511. The average molecular weight is 444 g/mol. The summed E-state index contributed by atoms with van der Waals surface area (Å²) in [5.41, 5.74) is 2.21. The summed E-state index contributed by atoms with van der Waals surface area (Å²) in [4.78, 5) is 30.4. The maximum atomic E-state index is 13.8. The van der Waals surface area contributed by atoms with E-state index in [2.05, 4.69) is 0 Å². The number of imide groups is 1. The lowest BCUT2D eigenvalue weighted by molar-refractivity contribution is -0.120. The molecule has 0 fully saturated rings. The number of likely N-dealkylation sites (N-methyl/N-ethyl adjacent to an activating group) is 1. The molecule has 3 aromatic carbocycles. The van der Waals surface area contributed by atoms with Crippen LogP contribution in [0.5, 0.6) is 17.2 Å². The second kappa shape index (κ2) is 9.08. The Morgan fingerprint density at radius 3 is 2.00 bits per heavy atom. The van der Waals surface area contributed by atoms with E-state index < -0.39 is 11.8 Å². The number of methoxy groups -OCH3 is 3. The van der Waals surface area contributed by atoms with Crippen molar-refractivity contribution >= 4 is 28.8 Å². The van der Waals surface area contributed by atoms with Crippen LogP contribution in [0.15, 0.2) is 78.5 Å². The van der Waals surface area contributed by atoms with Gasteiger partial charge in [-0.25, -0.2) is 4.90 Å². The molecule has 0 aliphatic carbocycles. The maximum Gasteiger partial charge on any atom is 0.282 e.